The van der Waals surface area contributed by atoms with Gasteiger partial charge in [-0.2, -0.15) is 0 Å². The van der Waals surface area contributed by atoms with Crippen molar-refractivity contribution >= 4 is 28.4 Å². The number of rotatable bonds is 2. The highest BCUT2D eigenvalue weighted by molar-refractivity contribution is 6.31. The van der Waals surface area contributed by atoms with Crippen LogP contribution in [-0.2, 0) is 24.2 Å². The average Bonchev–Trinajstić information content (AvgIpc) is 2.96. The van der Waals surface area contributed by atoms with Crippen molar-refractivity contribution in [2.75, 3.05) is 6.54 Å². The van der Waals surface area contributed by atoms with Crippen LogP contribution in [-0.4, -0.2) is 22.3 Å². The van der Waals surface area contributed by atoms with Gasteiger partial charge in [-0.25, -0.2) is 0 Å². The molecule has 0 radical (unpaired) electrons. The Labute approximate surface area is 139 Å². The van der Waals surface area contributed by atoms with E-state index in [4.69, 9.17) is 11.6 Å². The van der Waals surface area contributed by atoms with E-state index in [-0.39, 0.29) is 5.91 Å². The van der Waals surface area contributed by atoms with Gasteiger partial charge in [-0.1, -0.05) is 35.9 Å². The van der Waals surface area contributed by atoms with Gasteiger partial charge in [-0.15, -0.1) is 0 Å². The van der Waals surface area contributed by atoms with Gasteiger partial charge in [0.1, 0.15) is 0 Å². The van der Waals surface area contributed by atoms with E-state index in [2.05, 4.69) is 23.2 Å². The molecule has 4 rings (SSSR count). The fraction of sp³-hybridized carbons (Fsp3) is 0.211. The third kappa shape index (κ3) is 2.73. The molecule has 1 amide bonds. The molecule has 23 heavy (non-hydrogen) atoms. The number of aromatic amines is 1. The van der Waals surface area contributed by atoms with E-state index in [1.54, 1.807) is 0 Å². The van der Waals surface area contributed by atoms with Crippen LogP contribution < -0.4 is 0 Å². The standard InChI is InChI=1S/C19H17ClN2O/c20-16-5-6-18-17(10-16)15(11-21-18)9-19(23)22-8-7-13-3-1-2-4-14(13)12-22/h1-6,10-11,21H,7-9,12H2. The van der Waals surface area contributed by atoms with E-state index in [9.17, 15) is 4.79 Å². The lowest BCUT2D eigenvalue weighted by Crippen LogP contribution is -2.36. The second-order valence-corrected chi connectivity index (χ2v) is 6.45. The molecule has 1 aliphatic heterocycles. The Balaban J connectivity index is 1.55. The Hall–Kier alpha value is -2.26. The number of nitrogens with one attached hydrogen (secondary N) is 1. The van der Waals surface area contributed by atoms with Crippen molar-refractivity contribution < 1.29 is 4.79 Å². The minimum Gasteiger partial charge on any atom is -0.361 e. The molecule has 3 nitrogen and oxygen atoms in total. The minimum atomic E-state index is 0.167. The summed E-state index contributed by atoms with van der Waals surface area (Å²) in [5.41, 5.74) is 4.64. The number of fused-ring (bicyclic) bond motifs is 2. The van der Waals surface area contributed by atoms with Gasteiger partial charge >= 0.3 is 0 Å². The summed E-state index contributed by atoms with van der Waals surface area (Å²) >= 11 is 6.08. The van der Waals surface area contributed by atoms with Crippen molar-refractivity contribution in [3.05, 3.63) is 70.4 Å². The number of carbonyl (C=O) groups is 1. The lowest BCUT2D eigenvalue weighted by Gasteiger charge is -2.29. The number of benzene rings is 2. The highest BCUT2D eigenvalue weighted by Gasteiger charge is 2.21. The van der Waals surface area contributed by atoms with Crippen molar-refractivity contribution in [1.82, 2.24) is 9.88 Å². The molecule has 4 heteroatoms. The van der Waals surface area contributed by atoms with Gasteiger partial charge in [0.25, 0.3) is 0 Å². The van der Waals surface area contributed by atoms with Gasteiger partial charge in [-0.05, 0) is 41.3 Å². The van der Waals surface area contributed by atoms with Crippen molar-refractivity contribution in [1.29, 1.82) is 0 Å². The molecule has 2 heterocycles. The Morgan fingerprint density at radius 3 is 2.87 bits per heavy atom. The maximum atomic E-state index is 12.7. The van der Waals surface area contributed by atoms with Crippen LogP contribution >= 0.6 is 11.6 Å². The average molecular weight is 325 g/mol. The summed E-state index contributed by atoms with van der Waals surface area (Å²) in [6.45, 7) is 1.50. The van der Waals surface area contributed by atoms with Crippen LogP contribution in [0.25, 0.3) is 10.9 Å². The first-order valence-electron chi connectivity index (χ1n) is 7.81. The summed E-state index contributed by atoms with van der Waals surface area (Å²) in [6.07, 6.45) is 3.25. The largest absolute Gasteiger partial charge is 0.361 e. The first-order valence-corrected chi connectivity index (χ1v) is 8.18. The van der Waals surface area contributed by atoms with Crippen LogP contribution in [0.1, 0.15) is 16.7 Å². The Bertz CT molecular complexity index is 884. The first kappa shape index (κ1) is 14.3. The summed E-state index contributed by atoms with van der Waals surface area (Å²) in [6, 6.07) is 14.1. The monoisotopic (exact) mass is 324 g/mol. The highest BCUT2D eigenvalue weighted by Crippen LogP contribution is 2.24. The topological polar surface area (TPSA) is 36.1 Å². The zero-order chi connectivity index (χ0) is 15.8. The van der Waals surface area contributed by atoms with Crippen LogP contribution in [0.4, 0.5) is 0 Å². The van der Waals surface area contributed by atoms with E-state index >= 15 is 0 Å². The quantitative estimate of drug-likeness (QED) is 0.761. The van der Waals surface area contributed by atoms with Crippen molar-refractivity contribution in [3.8, 4) is 0 Å². The smallest absolute Gasteiger partial charge is 0.227 e. The molecule has 0 atom stereocenters. The predicted octanol–water partition coefficient (Wildman–Crippen LogP) is 3.95. The van der Waals surface area contributed by atoms with Crippen LogP contribution in [0, 0.1) is 0 Å². The number of carbonyl (C=O) groups excluding carboxylic acids is 1. The summed E-state index contributed by atoms with van der Waals surface area (Å²) in [7, 11) is 0. The first-order chi connectivity index (χ1) is 11.2. The summed E-state index contributed by atoms with van der Waals surface area (Å²) in [4.78, 5) is 17.8. The van der Waals surface area contributed by atoms with Gasteiger partial charge in [-0.3, -0.25) is 4.79 Å². The van der Waals surface area contributed by atoms with Crippen molar-refractivity contribution in [3.63, 3.8) is 0 Å². The van der Waals surface area contributed by atoms with Crippen LogP contribution in [0.5, 0.6) is 0 Å². The lowest BCUT2D eigenvalue weighted by molar-refractivity contribution is -0.131. The molecule has 116 valence electrons. The molecule has 0 bridgehead atoms. The number of aromatic nitrogens is 1. The van der Waals surface area contributed by atoms with Gasteiger partial charge < -0.3 is 9.88 Å². The minimum absolute atomic E-state index is 0.167. The third-order valence-corrected chi connectivity index (χ3v) is 4.79. The highest BCUT2D eigenvalue weighted by atomic mass is 35.5. The van der Waals surface area contributed by atoms with Crippen LogP contribution in [0.15, 0.2) is 48.7 Å². The maximum Gasteiger partial charge on any atom is 0.227 e. The molecule has 0 saturated heterocycles. The normalized spacial score (nSPS) is 14.0. The van der Waals surface area contributed by atoms with Crippen LogP contribution in [0.2, 0.25) is 5.02 Å². The SMILES string of the molecule is O=C(Cc1c[nH]c2ccc(Cl)cc12)N1CCc2ccccc2C1. The molecule has 3 aromatic rings. The molecular formula is C19H17ClN2O. The zero-order valence-corrected chi connectivity index (χ0v) is 13.4. The third-order valence-electron chi connectivity index (χ3n) is 4.55. The molecule has 0 fully saturated rings. The summed E-state index contributed by atoms with van der Waals surface area (Å²) < 4.78 is 0. The van der Waals surface area contributed by atoms with Gasteiger partial charge in [0.15, 0.2) is 0 Å². The Kier molecular flexibility index (Phi) is 3.58. The van der Waals surface area contributed by atoms with Gasteiger partial charge in [0, 0.05) is 35.2 Å². The molecule has 2 aromatic carbocycles. The van der Waals surface area contributed by atoms with Gasteiger partial charge in [0.05, 0.1) is 6.42 Å². The van der Waals surface area contributed by atoms with E-state index in [0.717, 1.165) is 29.4 Å². The molecule has 1 N–H and O–H groups in total. The molecule has 0 aliphatic carbocycles. The zero-order valence-electron chi connectivity index (χ0n) is 12.7. The number of hydrogen-bond acceptors (Lipinski definition) is 1. The second kappa shape index (κ2) is 5.74. The van der Waals surface area contributed by atoms with E-state index < -0.39 is 0 Å². The molecule has 0 saturated carbocycles. The Morgan fingerprint density at radius 1 is 1.17 bits per heavy atom. The van der Waals surface area contributed by atoms with Crippen LogP contribution in [0.3, 0.4) is 0 Å². The van der Waals surface area contributed by atoms with Gasteiger partial charge in [0.2, 0.25) is 5.91 Å². The fourth-order valence-electron chi connectivity index (χ4n) is 3.28. The maximum absolute atomic E-state index is 12.7. The van der Waals surface area contributed by atoms with Crippen molar-refractivity contribution in [2.24, 2.45) is 0 Å². The fourth-order valence-corrected chi connectivity index (χ4v) is 3.45. The van der Waals surface area contributed by atoms with E-state index in [1.807, 2.05) is 35.4 Å². The predicted molar refractivity (Wildman–Crippen MR) is 92.6 cm³/mol. The number of halogens is 1. The molecule has 0 spiro atoms. The molecular weight excluding hydrogens is 308 g/mol. The number of amides is 1. The number of nitrogens with zero attached hydrogens (tertiary/aromatic N) is 1. The summed E-state index contributed by atoms with van der Waals surface area (Å²) in [5, 5.41) is 1.72. The Morgan fingerprint density at radius 2 is 2.00 bits per heavy atom. The van der Waals surface area contributed by atoms with E-state index in [1.165, 1.54) is 11.1 Å². The number of H-pyrrole nitrogens is 1. The lowest BCUT2D eigenvalue weighted by atomic mass is 9.99. The van der Waals surface area contributed by atoms with Crippen molar-refractivity contribution in [2.45, 2.75) is 19.4 Å². The summed E-state index contributed by atoms with van der Waals surface area (Å²) in [5.74, 6) is 0.167. The molecule has 1 aliphatic rings. The number of hydrogen-bond donors (Lipinski definition) is 1. The van der Waals surface area contributed by atoms with E-state index in [0.29, 0.717) is 18.0 Å². The molecule has 0 unspecified atom stereocenters. The second-order valence-electron chi connectivity index (χ2n) is 6.01. The molecule has 1 aromatic heterocycles.